The van der Waals surface area contributed by atoms with Crippen molar-refractivity contribution in [2.24, 2.45) is 5.41 Å². The lowest BCUT2D eigenvalue weighted by atomic mass is 9.64. The Morgan fingerprint density at radius 2 is 2.07 bits per heavy atom. The Kier molecular flexibility index (Phi) is 3.73. The summed E-state index contributed by atoms with van der Waals surface area (Å²) in [7, 11) is 2.00. The first kappa shape index (κ1) is 12.5. The average molecular weight is 215 g/mol. The first-order valence-electron chi connectivity index (χ1n) is 5.49. The van der Waals surface area contributed by atoms with Gasteiger partial charge in [-0.15, -0.1) is 0 Å². The van der Waals surface area contributed by atoms with Gasteiger partial charge in [-0.05, 0) is 46.7 Å². The molecular weight excluding hydrogens is 194 g/mol. The summed E-state index contributed by atoms with van der Waals surface area (Å²) in [6.07, 6.45) is 1.04. The molecule has 4 heteroatoms. The monoisotopic (exact) mass is 215 g/mol. The van der Waals surface area contributed by atoms with Crippen LogP contribution in [-0.4, -0.2) is 46.8 Å². The van der Waals surface area contributed by atoms with Gasteiger partial charge < -0.3 is 15.1 Å². The van der Waals surface area contributed by atoms with Gasteiger partial charge in [-0.25, -0.2) is 0 Å². The second-order valence-corrected chi connectivity index (χ2v) is 4.97. The zero-order valence-electron chi connectivity index (χ0n) is 9.73. The van der Waals surface area contributed by atoms with Gasteiger partial charge in [-0.1, -0.05) is 0 Å². The Morgan fingerprint density at radius 1 is 1.53 bits per heavy atom. The first-order valence-corrected chi connectivity index (χ1v) is 5.49. The van der Waals surface area contributed by atoms with E-state index in [2.05, 4.69) is 18.7 Å². The molecule has 0 heterocycles. The summed E-state index contributed by atoms with van der Waals surface area (Å²) < 4.78 is 0. The lowest BCUT2D eigenvalue weighted by Gasteiger charge is -2.42. The van der Waals surface area contributed by atoms with Gasteiger partial charge in [-0.2, -0.15) is 0 Å². The smallest absolute Gasteiger partial charge is 0.309 e. The summed E-state index contributed by atoms with van der Waals surface area (Å²) in [5, 5.41) is 18.4. The highest BCUT2D eigenvalue weighted by Crippen LogP contribution is 2.44. The van der Waals surface area contributed by atoms with Gasteiger partial charge in [0.2, 0.25) is 0 Å². The van der Waals surface area contributed by atoms with Crippen LogP contribution in [0.25, 0.3) is 0 Å². The summed E-state index contributed by atoms with van der Waals surface area (Å²) in [6, 6.07) is 0.431. The van der Waals surface area contributed by atoms with Crippen molar-refractivity contribution in [2.45, 2.75) is 45.3 Å². The van der Waals surface area contributed by atoms with E-state index in [4.69, 9.17) is 5.11 Å². The molecule has 0 spiro atoms. The second kappa shape index (κ2) is 4.49. The highest BCUT2D eigenvalue weighted by molar-refractivity contribution is 5.76. The predicted octanol–water partition coefficient (Wildman–Crippen LogP) is 0.942. The van der Waals surface area contributed by atoms with Gasteiger partial charge in [0.05, 0.1) is 11.5 Å². The van der Waals surface area contributed by atoms with Gasteiger partial charge in [0.25, 0.3) is 0 Å². The first-order chi connectivity index (χ1) is 6.87. The van der Waals surface area contributed by atoms with Gasteiger partial charge in [0, 0.05) is 6.04 Å². The molecule has 0 aromatic rings. The maximum Gasteiger partial charge on any atom is 0.309 e. The molecule has 88 valence electrons. The number of carboxylic acids is 1. The van der Waals surface area contributed by atoms with Crippen LogP contribution in [0.1, 0.15) is 33.1 Å². The Morgan fingerprint density at radius 3 is 2.40 bits per heavy atom. The topological polar surface area (TPSA) is 60.8 Å². The molecule has 0 aromatic carbocycles. The molecule has 0 aromatic heterocycles. The molecular formula is C11H21NO3. The van der Waals surface area contributed by atoms with E-state index in [1.165, 1.54) is 0 Å². The molecule has 1 saturated carbocycles. The van der Waals surface area contributed by atoms with E-state index in [0.717, 1.165) is 6.54 Å². The molecule has 0 aliphatic heterocycles. The molecule has 0 saturated heterocycles. The van der Waals surface area contributed by atoms with Crippen LogP contribution < -0.4 is 0 Å². The van der Waals surface area contributed by atoms with E-state index in [1.807, 2.05) is 7.05 Å². The lowest BCUT2D eigenvalue weighted by molar-refractivity contribution is -0.164. The predicted molar refractivity (Wildman–Crippen MR) is 57.7 cm³/mol. The molecule has 0 bridgehead atoms. The minimum atomic E-state index is -0.759. The molecule has 1 fully saturated rings. The van der Waals surface area contributed by atoms with Crippen molar-refractivity contribution < 1.29 is 15.0 Å². The number of hydrogen-bond donors (Lipinski definition) is 2. The fourth-order valence-electron chi connectivity index (χ4n) is 1.98. The van der Waals surface area contributed by atoms with E-state index in [1.54, 1.807) is 0 Å². The van der Waals surface area contributed by atoms with Gasteiger partial charge >= 0.3 is 5.97 Å². The summed E-state index contributed by atoms with van der Waals surface area (Å²) in [6.45, 7) is 4.95. The molecule has 2 N–H and O–H groups in total. The average Bonchev–Trinajstić information content (AvgIpc) is 2.08. The van der Waals surface area contributed by atoms with Crippen LogP contribution in [0.3, 0.4) is 0 Å². The van der Waals surface area contributed by atoms with E-state index >= 15 is 0 Å². The number of aliphatic hydroxyl groups is 1. The molecule has 0 atom stereocenters. The van der Waals surface area contributed by atoms with Crippen LogP contribution in [0.15, 0.2) is 0 Å². The standard InChI is InChI=1S/C11H21NO3/c1-8(2)12(3)5-4-11(10(14)15)6-9(13)7-11/h8-9,13H,4-7H2,1-3H3,(H,14,15). The molecule has 0 radical (unpaired) electrons. The molecule has 1 aliphatic rings. The van der Waals surface area contributed by atoms with Crippen molar-refractivity contribution in [2.75, 3.05) is 13.6 Å². The van der Waals surface area contributed by atoms with Crippen molar-refractivity contribution in [1.29, 1.82) is 0 Å². The number of rotatable bonds is 5. The minimum Gasteiger partial charge on any atom is -0.481 e. The van der Waals surface area contributed by atoms with E-state index in [-0.39, 0.29) is 0 Å². The SMILES string of the molecule is CC(C)N(C)CCC1(C(=O)O)CC(O)C1. The van der Waals surface area contributed by atoms with Gasteiger partial charge in [-0.3, -0.25) is 4.79 Å². The Bertz CT molecular complexity index is 234. The number of aliphatic hydroxyl groups excluding tert-OH is 1. The molecule has 1 rings (SSSR count). The summed E-state index contributed by atoms with van der Waals surface area (Å²) in [5.74, 6) is -0.759. The van der Waals surface area contributed by atoms with Crippen LogP contribution in [-0.2, 0) is 4.79 Å². The highest BCUT2D eigenvalue weighted by Gasteiger charge is 2.49. The van der Waals surface area contributed by atoms with Crippen LogP contribution >= 0.6 is 0 Å². The third kappa shape index (κ3) is 2.69. The lowest BCUT2D eigenvalue weighted by Crippen LogP contribution is -2.48. The Labute approximate surface area is 90.9 Å². The van der Waals surface area contributed by atoms with E-state index in [0.29, 0.717) is 25.3 Å². The Hall–Kier alpha value is -0.610. The fourth-order valence-corrected chi connectivity index (χ4v) is 1.98. The zero-order chi connectivity index (χ0) is 11.6. The second-order valence-electron chi connectivity index (χ2n) is 4.97. The number of carboxylic acid groups (broad SMARTS) is 1. The maximum absolute atomic E-state index is 11.1. The highest BCUT2D eigenvalue weighted by atomic mass is 16.4. The normalized spacial score (nSPS) is 30.7. The van der Waals surface area contributed by atoms with Crippen LogP contribution in [0.2, 0.25) is 0 Å². The van der Waals surface area contributed by atoms with Crippen LogP contribution in [0.5, 0.6) is 0 Å². The van der Waals surface area contributed by atoms with Crippen molar-refractivity contribution in [3.05, 3.63) is 0 Å². The van der Waals surface area contributed by atoms with Crippen molar-refractivity contribution in [3.8, 4) is 0 Å². The van der Waals surface area contributed by atoms with Gasteiger partial charge in [0.1, 0.15) is 0 Å². The third-order valence-electron chi connectivity index (χ3n) is 3.53. The number of carbonyl (C=O) groups is 1. The summed E-state index contributed by atoms with van der Waals surface area (Å²) in [4.78, 5) is 13.2. The molecule has 4 nitrogen and oxygen atoms in total. The summed E-state index contributed by atoms with van der Waals surface area (Å²) >= 11 is 0. The molecule has 15 heavy (non-hydrogen) atoms. The van der Waals surface area contributed by atoms with Crippen molar-refractivity contribution in [1.82, 2.24) is 4.90 Å². The largest absolute Gasteiger partial charge is 0.481 e. The van der Waals surface area contributed by atoms with Crippen LogP contribution in [0.4, 0.5) is 0 Å². The number of hydrogen-bond acceptors (Lipinski definition) is 3. The summed E-state index contributed by atoms with van der Waals surface area (Å²) in [5.41, 5.74) is -0.664. The van der Waals surface area contributed by atoms with E-state index < -0.39 is 17.5 Å². The maximum atomic E-state index is 11.1. The van der Waals surface area contributed by atoms with Crippen molar-refractivity contribution in [3.63, 3.8) is 0 Å². The number of aliphatic carboxylic acids is 1. The van der Waals surface area contributed by atoms with Gasteiger partial charge in [0.15, 0.2) is 0 Å². The quantitative estimate of drug-likeness (QED) is 0.716. The fraction of sp³-hybridized carbons (Fsp3) is 0.909. The zero-order valence-corrected chi connectivity index (χ0v) is 9.73. The minimum absolute atomic E-state index is 0.411. The van der Waals surface area contributed by atoms with Crippen molar-refractivity contribution >= 4 is 5.97 Å². The van der Waals surface area contributed by atoms with E-state index in [9.17, 15) is 9.90 Å². The molecule has 1 aliphatic carbocycles. The molecule has 0 unspecified atom stereocenters. The van der Waals surface area contributed by atoms with Crippen LogP contribution in [0, 0.1) is 5.41 Å². The molecule has 0 amide bonds. The third-order valence-corrected chi connectivity index (χ3v) is 3.53. The Balaban J connectivity index is 2.44. The number of nitrogens with zero attached hydrogens (tertiary/aromatic N) is 1.